The van der Waals surface area contributed by atoms with Crippen LogP contribution in [0.3, 0.4) is 0 Å². The Bertz CT molecular complexity index is 599. The van der Waals surface area contributed by atoms with Crippen molar-refractivity contribution in [2.24, 2.45) is 0 Å². The zero-order valence-corrected chi connectivity index (χ0v) is 13.2. The molecule has 21 heavy (non-hydrogen) atoms. The molecule has 0 bridgehead atoms. The maximum absolute atomic E-state index is 13.6. The minimum atomic E-state index is -0.597. The van der Waals surface area contributed by atoms with E-state index in [1.807, 2.05) is 19.1 Å². The van der Waals surface area contributed by atoms with Gasteiger partial charge in [-0.2, -0.15) is 0 Å². The van der Waals surface area contributed by atoms with Crippen molar-refractivity contribution in [3.05, 3.63) is 63.6 Å². The predicted octanol–water partition coefficient (Wildman–Crippen LogP) is 4.42. The van der Waals surface area contributed by atoms with Crippen LogP contribution in [0.1, 0.15) is 18.1 Å². The highest BCUT2D eigenvalue weighted by molar-refractivity contribution is 9.10. The first-order chi connectivity index (χ1) is 10.1. The van der Waals surface area contributed by atoms with E-state index in [4.69, 9.17) is 4.74 Å². The van der Waals surface area contributed by atoms with Gasteiger partial charge in [0.15, 0.2) is 0 Å². The Morgan fingerprint density at radius 1 is 1.14 bits per heavy atom. The summed E-state index contributed by atoms with van der Waals surface area (Å²) in [5, 5.41) is 3.20. The number of benzene rings is 2. The molecule has 0 aliphatic rings. The molecular weight excluding hydrogens is 340 g/mol. The molecule has 2 aromatic rings. The van der Waals surface area contributed by atoms with Crippen LogP contribution in [0.5, 0.6) is 5.75 Å². The maximum atomic E-state index is 13.6. The second kappa shape index (κ2) is 7.52. The van der Waals surface area contributed by atoms with Gasteiger partial charge in [0, 0.05) is 16.6 Å². The second-order valence-electron chi connectivity index (χ2n) is 4.52. The topological polar surface area (TPSA) is 21.3 Å². The highest BCUT2D eigenvalue weighted by atomic mass is 79.9. The smallest absolute Gasteiger partial charge is 0.132 e. The van der Waals surface area contributed by atoms with Crippen LogP contribution in [-0.4, -0.2) is 6.54 Å². The highest BCUT2D eigenvalue weighted by Gasteiger charge is 2.11. The Hall–Kier alpha value is -1.46. The number of halogens is 3. The Balaban J connectivity index is 2.16. The number of ether oxygens (including phenoxy) is 1. The fraction of sp³-hybridized carbons (Fsp3) is 0.250. The lowest BCUT2D eigenvalue weighted by atomic mass is 10.2. The first-order valence-corrected chi connectivity index (χ1v) is 7.46. The number of rotatable bonds is 6. The quantitative estimate of drug-likeness (QED) is 0.828. The lowest BCUT2D eigenvalue weighted by molar-refractivity contribution is 0.289. The van der Waals surface area contributed by atoms with Gasteiger partial charge in [-0.15, -0.1) is 0 Å². The van der Waals surface area contributed by atoms with Crippen LogP contribution >= 0.6 is 15.9 Å². The first kappa shape index (κ1) is 15.9. The fourth-order valence-electron chi connectivity index (χ4n) is 1.91. The monoisotopic (exact) mass is 355 g/mol. The molecule has 0 amide bonds. The number of hydrogen-bond acceptors (Lipinski definition) is 2. The average Bonchev–Trinajstić information content (AvgIpc) is 2.46. The van der Waals surface area contributed by atoms with Crippen LogP contribution in [0, 0.1) is 11.6 Å². The number of nitrogens with one attached hydrogen (secondary N) is 1. The van der Waals surface area contributed by atoms with Crippen molar-refractivity contribution in [1.82, 2.24) is 5.32 Å². The molecule has 0 unspecified atom stereocenters. The molecule has 2 rings (SSSR count). The molecule has 5 heteroatoms. The standard InChI is InChI=1S/C16H16BrF2NO/c1-2-20-9-11-8-12(17)6-7-16(11)21-10-13-14(18)4-3-5-15(13)19/h3-8,20H,2,9-10H2,1H3. The molecule has 112 valence electrons. The Kier molecular flexibility index (Phi) is 5.70. The number of hydrogen-bond donors (Lipinski definition) is 1. The van der Waals surface area contributed by atoms with Gasteiger partial charge in [0.2, 0.25) is 0 Å². The zero-order valence-electron chi connectivity index (χ0n) is 11.6. The molecule has 0 spiro atoms. The molecule has 0 heterocycles. The predicted molar refractivity (Wildman–Crippen MR) is 82.2 cm³/mol. The molecule has 0 saturated heterocycles. The van der Waals surface area contributed by atoms with Crippen LogP contribution in [-0.2, 0) is 13.2 Å². The van der Waals surface area contributed by atoms with Crippen LogP contribution < -0.4 is 10.1 Å². The van der Waals surface area contributed by atoms with E-state index < -0.39 is 11.6 Å². The van der Waals surface area contributed by atoms with Gasteiger partial charge in [-0.05, 0) is 36.9 Å². The van der Waals surface area contributed by atoms with E-state index in [1.54, 1.807) is 6.07 Å². The van der Waals surface area contributed by atoms with E-state index in [9.17, 15) is 8.78 Å². The third-order valence-electron chi connectivity index (χ3n) is 3.02. The summed E-state index contributed by atoms with van der Waals surface area (Å²) in [5.41, 5.74) is 0.873. The molecule has 2 nitrogen and oxygen atoms in total. The summed E-state index contributed by atoms with van der Waals surface area (Å²) >= 11 is 3.40. The molecule has 0 atom stereocenters. The van der Waals surface area contributed by atoms with Crippen molar-refractivity contribution in [3.63, 3.8) is 0 Å². The zero-order chi connectivity index (χ0) is 15.2. The largest absolute Gasteiger partial charge is 0.488 e. The normalized spacial score (nSPS) is 10.7. The van der Waals surface area contributed by atoms with E-state index in [0.717, 1.165) is 16.6 Å². The van der Waals surface area contributed by atoms with Crippen molar-refractivity contribution < 1.29 is 13.5 Å². The summed E-state index contributed by atoms with van der Waals surface area (Å²) in [6.45, 7) is 3.32. The Morgan fingerprint density at radius 2 is 1.86 bits per heavy atom. The minimum Gasteiger partial charge on any atom is -0.488 e. The molecule has 0 aliphatic heterocycles. The summed E-state index contributed by atoms with van der Waals surface area (Å²) in [6.07, 6.45) is 0. The SMILES string of the molecule is CCNCc1cc(Br)ccc1OCc1c(F)cccc1F. The average molecular weight is 356 g/mol. The lowest BCUT2D eigenvalue weighted by Crippen LogP contribution is -2.13. The lowest BCUT2D eigenvalue weighted by Gasteiger charge is -2.13. The van der Waals surface area contributed by atoms with E-state index in [0.29, 0.717) is 12.3 Å². The molecular formula is C16H16BrF2NO. The van der Waals surface area contributed by atoms with Gasteiger partial charge in [0.25, 0.3) is 0 Å². The summed E-state index contributed by atoms with van der Waals surface area (Å²) < 4.78 is 33.7. The van der Waals surface area contributed by atoms with Gasteiger partial charge in [-0.25, -0.2) is 8.78 Å². The first-order valence-electron chi connectivity index (χ1n) is 6.66. The summed E-state index contributed by atoms with van der Waals surface area (Å²) in [5.74, 6) is -0.581. The van der Waals surface area contributed by atoms with Crippen molar-refractivity contribution >= 4 is 15.9 Å². The molecule has 0 saturated carbocycles. The molecule has 2 aromatic carbocycles. The summed E-state index contributed by atoms with van der Waals surface area (Å²) in [6, 6.07) is 9.34. The van der Waals surface area contributed by atoms with Crippen LogP contribution in [0.2, 0.25) is 0 Å². The van der Waals surface area contributed by atoms with Gasteiger partial charge >= 0.3 is 0 Å². The third kappa shape index (κ3) is 4.25. The van der Waals surface area contributed by atoms with Crippen LogP contribution in [0.25, 0.3) is 0 Å². The van der Waals surface area contributed by atoms with Gasteiger partial charge in [-0.3, -0.25) is 0 Å². The van der Waals surface area contributed by atoms with Crippen molar-refractivity contribution in [2.75, 3.05) is 6.54 Å². The molecule has 0 aromatic heterocycles. The maximum Gasteiger partial charge on any atom is 0.132 e. The van der Waals surface area contributed by atoms with Crippen LogP contribution in [0.4, 0.5) is 8.78 Å². The highest BCUT2D eigenvalue weighted by Crippen LogP contribution is 2.25. The molecule has 0 aliphatic carbocycles. The van der Waals surface area contributed by atoms with Gasteiger partial charge in [0.1, 0.15) is 24.0 Å². The van der Waals surface area contributed by atoms with Gasteiger partial charge in [-0.1, -0.05) is 28.9 Å². The van der Waals surface area contributed by atoms with E-state index in [-0.39, 0.29) is 12.2 Å². The van der Waals surface area contributed by atoms with E-state index in [1.165, 1.54) is 18.2 Å². The van der Waals surface area contributed by atoms with E-state index in [2.05, 4.69) is 21.2 Å². The fourth-order valence-corrected chi connectivity index (χ4v) is 2.32. The second-order valence-corrected chi connectivity index (χ2v) is 5.44. The molecule has 1 N–H and O–H groups in total. The van der Waals surface area contributed by atoms with Gasteiger partial charge < -0.3 is 10.1 Å². The molecule has 0 fully saturated rings. The Morgan fingerprint density at radius 3 is 2.52 bits per heavy atom. The minimum absolute atomic E-state index is 0.0604. The summed E-state index contributed by atoms with van der Waals surface area (Å²) in [7, 11) is 0. The van der Waals surface area contributed by atoms with Crippen molar-refractivity contribution in [2.45, 2.75) is 20.1 Å². The third-order valence-corrected chi connectivity index (χ3v) is 3.51. The van der Waals surface area contributed by atoms with Gasteiger partial charge in [0.05, 0.1) is 5.56 Å². The van der Waals surface area contributed by atoms with E-state index >= 15 is 0 Å². The summed E-state index contributed by atoms with van der Waals surface area (Å²) in [4.78, 5) is 0. The Labute approximate surface area is 131 Å². The van der Waals surface area contributed by atoms with Crippen LogP contribution in [0.15, 0.2) is 40.9 Å². The van der Waals surface area contributed by atoms with Crippen molar-refractivity contribution in [1.29, 1.82) is 0 Å². The molecule has 0 radical (unpaired) electrons. The van der Waals surface area contributed by atoms with Crippen molar-refractivity contribution in [3.8, 4) is 5.75 Å².